The van der Waals surface area contributed by atoms with Crippen LogP contribution in [0.1, 0.15) is 23.6 Å². The molecular formula is C12H11F3O. The van der Waals surface area contributed by atoms with Crippen LogP contribution in [0.5, 0.6) is 0 Å². The highest BCUT2D eigenvalue weighted by Crippen LogP contribution is 2.30. The molecule has 1 aromatic carbocycles. The number of hydrogen-bond donors (Lipinski definition) is 1. The van der Waals surface area contributed by atoms with Crippen LogP contribution in [0.15, 0.2) is 18.2 Å². The van der Waals surface area contributed by atoms with Crippen LogP contribution in [-0.2, 0) is 6.18 Å². The molecule has 1 N–H and O–H groups in total. The highest BCUT2D eigenvalue weighted by molar-refractivity contribution is 5.41. The Morgan fingerprint density at radius 3 is 2.38 bits per heavy atom. The van der Waals surface area contributed by atoms with E-state index in [4.69, 9.17) is 5.11 Å². The van der Waals surface area contributed by atoms with Crippen LogP contribution in [-0.4, -0.2) is 11.2 Å². The zero-order valence-electron chi connectivity index (χ0n) is 8.89. The van der Waals surface area contributed by atoms with Crippen LogP contribution >= 0.6 is 0 Å². The van der Waals surface area contributed by atoms with Gasteiger partial charge in [-0.1, -0.05) is 11.8 Å². The second kappa shape index (κ2) is 4.58. The van der Waals surface area contributed by atoms with Crippen molar-refractivity contribution >= 4 is 0 Å². The van der Waals surface area contributed by atoms with Crippen LogP contribution in [0, 0.1) is 18.8 Å². The zero-order valence-corrected chi connectivity index (χ0v) is 8.89. The first kappa shape index (κ1) is 12.6. The van der Waals surface area contributed by atoms with Gasteiger partial charge in [-0.05, 0) is 37.6 Å². The average Bonchev–Trinajstić information content (AvgIpc) is 2.12. The fourth-order valence-corrected chi connectivity index (χ4v) is 1.21. The van der Waals surface area contributed by atoms with Crippen LogP contribution in [0.4, 0.5) is 13.2 Å². The zero-order chi connectivity index (χ0) is 12.3. The lowest BCUT2D eigenvalue weighted by atomic mass is 10.1. The monoisotopic (exact) mass is 228 g/mol. The Labute approximate surface area is 91.9 Å². The molecule has 86 valence electrons. The van der Waals surface area contributed by atoms with Gasteiger partial charge in [0.05, 0.1) is 5.56 Å². The summed E-state index contributed by atoms with van der Waals surface area (Å²) in [6.07, 6.45) is -5.22. The number of benzene rings is 1. The Morgan fingerprint density at radius 1 is 1.25 bits per heavy atom. The molecule has 0 spiro atoms. The van der Waals surface area contributed by atoms with E-state index in [0.717, 1.165) is 12.1 Å². The molecule has 0 aliphatic carbocycles. The van der Waals surface area contributed by atoms with Crippen molar-refractivity contribution in [2.45, 2.75) is 26.1 Å². The molecule has 0 fully saturated rings. The molecule has 4 heteroatoms. The molecule has 1 rings (SSSR count). The molecule has 1 atom stereocenters. The highest BCUT2D eigenvalue weighted by atomic mass is 19.4. The smallest absolute Gasteiger partial charge is 0.381 e. The maximum absolute atomic E-state index is 12.4. The summed E-state index contributed by atoms with van der Waals surface area (Å²) in [5.41, 5.74) is 0.0281. The fraction of sp³-hybridized carbons (Fsp3) is 0.333. The first-order valence-corrected chi connectivity index (χ1v) is 4.67. The minimum atomic E-state index is -4.37. The number of aliphatic hydroxyl groups excluding tert-OH is 1. The van der Waals surface area contributed by atoms with Gasteiger partial charge in [0.25, 0.3) is 0 Å². The maximum Gasteiger partial charge on any atom is 0.416 e. The molecule has 0 aromatic heterocycles. The molecule has 0 aliphatic heterocycles. The Morgan fingerprint density at radius 2 is 1.88 bits per heavy atom. The first-order valence-electron chi connectivity index (χ1n) is 4.67. The summed E-state index contributed by atoms with van der Waals surface area (Å²) in [5.74, 6) is 4.90. The van der Waals surface area contributed by atoms with Crippen LogP contribution in [0.2, 0.25) is 0 Å². The summed E-state index contributed by atoms with van der Waals surface area (Å²) in [6.45, 7) is 3.02. The molecule has 0 radical (unpaired) electrons. The van der Waals surface area contributed by atoms with Crippen molar-refractivity contribution in [1.29, 1.82) is 0 Å². The molecule has 0 saturated heterocycles. The highest BCUT2D eigenvalue weighted by Gasteiger charge is 2.30. The molecule has 0 amide bonds. The number of alkyl halides is 3. The van der Waals surface area contributed by atoms with Gasteiger partial charge in [0.2, 0.25) is 0 Å². The van der Waals surface area contributed by atoms with Crippen LogP contribution < -0.4 is 0 Å². The lowest BCUT2D eigenvalue weighted by Crippen LogP contribution is -2.05. The summed E-state index contributed by atoms with van der Waals surface area (Å²) in [7, 11) is 0. The van der Waals surface area contributed by atoms with Crippen LogP contribution in [0.25, 0.3) is 0 Å². The molecule has 1 nitrogen and oxygen atoms in total. The SMILES string of the molecule is Cc1cc(C#CC(C)O)cc(C(F)(F)F)c1. The van der Waals surface area contributed by atoms with E-state index in [1.54, 1.807) is 13.0 Å². The van der Waals surface area contributed by atoms with Crippen molar-refractivity contribution in [2.24, 2.45) is 0 Å². The fourth-order valence-electron chi connectivity index (χ4n) is 1.21. The Hall–Kier alpha value is -1.47. The summed E-state index contributed by atoms with van der Waals surface area (Å²) in [5, 5.41) is 8.92. The van der Waals surface area contributed by atoms with Gasteiger partial charge in [0.1, 0.15) is 6.10 Å². The third-order valence-electron chi connectivity index (χ3n) is 1.83. The van der Waals surface area contributed by atoms with Gasteiger partial charge < -0.3 is 5.11 Å². The van der Waals surface area contributed by atoms with Gasteiger partial charge >= 0.3 is 6.18 Å². The van der Waals surface area contributed by atoms with Crippen molar-refractivity contribution < 1.29 is 18.3 Å². The van der Waals surface area contributed by atoms with E-state index >= 15 is 0 Å². The minimum Gasteiger partial charge on any atom is -0.381 e. The average molecular weight is 228 g/mol. The number of aliphatic hydroxyl groups is 1. The predicted octanol–water partition coefficient (Wildman–Crippen LogP) is 2.75. The number of halogens is 3. The third-order valence-corrected chi connectivity index (χ3v) is 1.83. The van der Waals surface area contributed by atoms with Crippen molar-refractivity contribution in [3.63, 3.8) is 0 Å². The largest absolute Gasteiger partial charge is 0.416 e. The van der Waals surface area contributed by atoms with E-state index in [0.29, 0.717) is 5.56 Å². The normalized spacial score (nSPS) is 12.9. The first-order chi connectivity index (χ1) is 7.29. The molecule has 0 aliphatic rings. The Balaban J connectivity index is 3.15. The quantitative estimate of drug-likeness (QED) is 0.677. The van der Waals surface area contributed by atoms with Gasteiger partial charge in [0.15, 0.2) is 0 Å². The third kappa shape index (κ3) is 3.59. The Kier molecular flexibility index (Phi) is 3.61. The summed E-state index contributed by atoms with van der Waals surface area (Å²) >= 11 is 0. The summed E-state index contributed by atoms with van der Waals surface area (Å²) in [4.78, 5) is 0. The molecule has 0 heterocycles. The lowest BCUT2D eigenvalue weighted by molar-refractivity contribution is -0.137. The summed E-state index contributed by atoms with van der Waals surface area (Å²) < 4.78 is 37.3. The molecule has 1 aromatic rings. The van der Waals surface area contributed by atoms with Gasteiger partial charge in [-0.3, -0.25) is 0 Å². The topological polar surface area (TPSA) is 20.2 Å². The van der Waals surface area contributed by atoms with Crippen molar-refractivity contribution in [2.75, 3.05) is 0 Å². The lowest BCUT2D eigenvalue weighted by Gasteiger charge is -2.08. The molecule has 16 heavy (non-hydrogen) atoms. The van der Waals surface area contributed by atoms with E-state index in [1.165, 1.54) is 6.92 Å². The van der Waals surface area contributed by atoms with Crippen LogP contribution in [0.3, 0.4) is 0 Å². The van der Waals surface area contributed by atoms with Gasteiger partial charge in [-0.25, -0.2) is 0 Å². The van der Waals surface area contributed by atoms with Gasteiger partial charge in [0, 0.05) is 5.56 Å². The molecule has 0 bridgehead atoms. The number of hydrogen-bond acceptors (Lipinski definition) is 1. The second-order valence-electron chi connectivity index (χ2n) is 3.53. The van der Waals surface area contributed by atoms with Crippen molar-refractivity contribution in [1.82, 2.24) is 0 Å². The van der Waals surface area contributed by atoms with E-state index < -0.39 is 17.8 Å². The second-order valence-corrected chi connectivity index (χ2v) is 3.53. The van der Waals surface area contributed by atoms with Crippen molar-refractivity contribution in [3.05, 3.63) is 34.9 Å². The minimum absolute atomic E-state index is 0.258. The standard InChI is InChI=1S/C12H11F3O/c1-8-5-10(4-3-9(2)16)7-11(6-8)12(13,14)15/h5-7,9,16H,1-2H3. The molecule has 1 unspecified atom stereocenters. The summed E-state index contributed by atoms with van der Waals surface area (Å²) in [6, 6.07) is 3.58. The van der Waals surface area contributed by atoms with E-state index in [-0.39, 0.29) is 5.56 Å². The molecule has 0 saturated carbocycles. The number of rotatable bonds is 0. The molecular weight excluding hydrogens is 217 g/mol. The Bertz CT molecular complexity index is 436. The van der Waals surface area contributed by atoms with E-state index in [9.17, 15) is 13.2 Å². The van der Waals surface area contributed by atoms with E-state index in [2.05, 4.69) is 11.8 Å². The van der Waals surface area contributed by atoms with E-state index in [1.807, 2.05) is 0 Å². The van der Waals surface area contributed by atoms with Gasteiger partial charge in [-0.2, -0.15) is 13.2 Å². The maximum atomic E-state index is 12.4. The van der Waals surface area contributed by atoms with Gasteiger partial charge in [-0.15, -0.1) is 0 Å². The van der Waals surface area contributed by atoms with Crippen molar-refractivity contribution in [3.8, 4) is 11.8 Å². The number of aryl methyl sites for hydroxylation is 1. The predicted molar refractivity (Wildman–Crippen MR) is 54.7 cm³/mol.